The maximum atomic E-state index is 6.08. The minimum absolute atomic E-state index is 0.153. The Labute approximate surface area is 130 Å². The van der Waals surface area contributed by atoms with Crippen LogP contribution in [-0.2, 0) is 4.74 Å². The van der Waals surface area contributed by atoms with Crippen LogP contribution in [-0.4, -0.2) is 29.8 Å². The third-order valence-corrected chi connectivity index (χ3v) is 5.89. The normalized spacial score (nSPS) is 31.6. The smallest absolute Gasteiger partial charge is 0.0795 e. The number of thioether (sulfide) groups is 1. The summed E-state index contributed by atoms with van der Waals surface area (Å²) >= 11 is 7.98. The van der Waals surface area contributed by atoms with Gasteiger partial charge in [-0.15, -0.1) is 0 Å². The van der Waals surface area contributed by atoms with Crippen molar-refractivity contribution in [2.45, 2.75) is 43.9 Å². The van der Waals surface area contributed by atoms with Gasteiger partial charge in [-0.25, -0.2) is 0 Å². The molecule has 2 heterocycles. The van der Waals surface area contributed by atoms with Gasteiger partial charge in [0.25, 0.3) is 0 Å². The van der Waals surface area contributed by atoms with Gasteiger partial charge in [0.1, 0.15) is 0 Å². The first-order valence-corrected chi connectivity index (χ1v) is 8.93. The van der Waals surface area contributed by atoms with Crippen molar-refractivity contribution in [3.05, 3.63) is 34.9 Å². The quantitative estimate of drug-likeness (QED) is 0.910. The molecule has 2 fully saturated rings. The van der Waals surface area contributed by atoms with Gasteiger partial charge in [-0.05, 0) is 49.6 Å². The van der Waals surface area contributed by atoms with Crippen molar-refractivity contribution in [2.24, 2.45) is 0 Å². The van der Waals surface area contributed by atoms with Crippen molar-refractivity contribution < 1.29 is 4.74 Å². The second kappa shape index (κ2) is 6.27. The molecule has 1 aromatic rings. The number of ether oxygens (including phenoxy) is 1. The first kappa shape index (κ1) is 14.7. The number of halogens is 1. The lowest BCUT2D eigenvalue weighted by Gasteiger charge is -2.39. The molecule has 0 aromatic heterocycles. The monoisotopic (exact) mass is 311 g/mol. The SMILES string of the molecule is C[C@@H](NC1CCOC2(CCSC2)C1)c1ccc(Cl)cc1. The van der Waals surface area contributed by atoms with Crippen molar-refractivity contribution >= 4 is 23.4 Å². The van der Waals surface area contributed by atoms with Gasteiger partial charge < -0.3 is 10.1 Å². The zero-order valence-corrected chi connectivity index (χ0v) is 13.5. The molecule has 1 N–H and O–H groups in total. The van der Waals surface area contributed by atoms with Gasteiger partial charge >= 0.3 is 0 Å². The van der Waals surface area contributed by atoms with Crippen LogP contribution in [0.5, 0.6) is 0 Å². The maximum absolute atomic E-state index is 6.08. The van der Waals surface area contributed by atoms with Gasteiger partial charge in [-0.3, -0.25) is 0 Å². The Kier molecular flexibility index (Phi) is 4.61. The molecule has 0 radical (unpaired) electrons. The second-order valence-electron chi connectivity index (χ2n) is 5.96. The molecular weight excluding hydrogens is 290 g/mol. The van der Waals surface area contributed by atoms with Crippen molar-refractivity contribution in [2.75, 3.05) is 18.1 Å². The third kappa shape index (κ3) is 3.33. The van der Waals surface area contributed by atoms with E-state index in [-0.39, 0.29) is 5.60 Å². The third-order valence-electron chi connectivity index (χ3n) is 4.42. The second-order valence-corrected chi connectivity index (χ2v) is 7.51. The van der Waals surface area contributed by atoms with Crippen LogP contribution in [0.2, 0.25) is 5.02 Å². The molecule has 2 unspecified atom stereocenters. The summed E-state index contributed by atoms with van der Waals surface area (Å²) in [7, 11) is 0. The first-order valence-electron chi connectivity index (χ1n) is 7.40. The zero-order chi connectivity index (χ0) is 14.0. The van der Waals surface area contributed by atoms with Crippen LogP contribution in [0.4, 0.5) is 0 Å². The molecular formula is C16H22ClNOS. The predicted octanol–water partition coefficient (Wildman–Crippen LogP) is 4.05. The van der Waals surface area contributed by atoms with Gasteiger partial charge in [-0.1, -0.05) is 23.7 Å². The topological polar surface area (TPSA) is 21.3 Å². The van der Waals surface area contributed by atoms with Crippen LogP contribution < -0.4 is 5.32 Å². The largest absolute Gasteiger partial charge is 0.374 e. The zero-order valence-electron chi connectivity index (χ0n) is 11.9. The predicted molar refractivity (Wildman–Crippen MR) is 86.6 cm³/mol. The summed E-state index contributed by atoms with van der Waals surface area (Å²) in [6.45, 7) is 3.13. The van der Waals surface area contributed by atoms with Crippen LogP contribution in [0.3, 0.4) is 0 Å². The molecule has 2 nitrogen and oxygen atoms in total. The Morgan fingerprint density at radius 3 is 2.90 bits per heavy atom. The average Bonchev–Trinajstić information content (AvgIpc) is 2.87. The summed E-state index contributed by atoms with van der Waals surface area (Å²) in [5.41, 5.74) is 1.45. The fourth-order valence-corrected chi connectivity index (χ4v) is 4.74. The minimum atomic E-state index is 0.153. The molecule has 3 rings (SSSR count). The van der Waals surface area contributed by atoms with Crippen molar-refractivity contribution in [1.82, 2.24) is 5.32 Å². The lowest BCUT2D eigenvalue weighted by Crippen LogP contribution is -2.47. The van der Waals surface area contributed by atoms with E-state index in [1.54, 1.807) is 0 Å². The molecule has 0 saturated carbocycles. The Bertz CT molecular complexity index is 444. The number of hydrogen-bond donors (Lipinski definition) is 1. The van der Waals surface area contributed by atoms with Crippen molar-refractivity contribution in [1.29, 1.82) is 0 Å². The molecule has 3 atom stereocenters. The molecule has 2 aliphatic rings. The maximum Gasteiger partial charge on any atom is 0.0795 e. The Morgan fingerprint density at radius 2 is 2.20 bits per heavy atom. The molecule has 2 saturated heterocycles. The van der Waals surface area contributed by atoms with Crippen LogP contribution in [0.15, 0.2) is 24.3 Å². The molecule has 20 heavy (non-hydrogen) atoms. The van der Waals surface area contributed by atoms with E-state index in [9.17, 15) is 0 Å². The highest BCUT2D eigenvalue weighted by molar-refractivity contribution is 7.99. The van der Waals surface area contributed by atoms with Crippen molar-refractivity contribution in [3.63, 3.8) is 0 Å². The van der Waals surface area contributed by atoms with E-state index < -0.39 is 0 Å². The van der Waals surface area contributed by atoms with Crippen LogP contribution in [0.1, 0.15) is 37.8 Å². The molecule has 0 amide bonds. The number of hydrogen-bond acceptors (Lipinski definition) is 3. The molecule has 1 spiro atoms. The number of benzene rings is 1. The number of rotatable bonds is 3. The van der Waals surface area contributed by atoms with E-state index in [0.717, 1.165) is 24.5 Å². The van der Waals surface area contributed by atoms with Gasteiger partial charge in [0.05, 0.1) is 5.60 Å². The summed E-state index contributed by atoms with van der Waals surface area (Å²) < 4.78 is 6.08. The van der Waals surface area contributed by atoms with E-state index in [1.165, 1.54) is 23.5 Å². The van der Waals surface area contributed by atoms with Crippen LogP contribution in [0.25, 0.3) is 0 Å². The number of nitrogens with one attached hydrogen (secondary N) is 1. The molecule has 110 valence electrons. The standard InChI is InChI=1S/C16H22ClNOS/c1-12(13-2-4-14(17)5-3-13)18-15-6-8-19-16(10-15)7-9-20-11-16/h2-5,12,15,18H,6-11H2,1H3/t12-,15?,16?/m1/s1. The summed E-state index contributed by atoms with van der Waals surface area (Å²) in [6, 6.07) is 9.08. The summed E-state index contributed by atoms with van der Waals surface area (Å²) in [4.78, 5) is 0. The lowest BCUT2D eigenvalue weighted by atomic mass is 9.89. The highest BCUT2D eigenvalue weighted by Crippen LogP contribution is 2.38. The minimum Gasteiger partial charge on any atom is -0.374 e. The summed E-state index contributed by atoms with van der Waals surface area (Å²) in [5.74, 6) is 2.42. The molecule has 2 aliphatic heterocycles. The van der Waals surface area contributed by atoms with Crippen molar-refractivity contribution in [3.8, 4) is 0 Å². The van der Waals surface area contributed by atoms with E-state index in [2.05, 4.69) is 24.4 Å². The van der Waals surface area contributed by atoms with Gasteiger partial charge in [0, 0.05) is 29.5 Å². The Morgan fingerprint density at radius 1 is 1.40 bits per heavy atom. The highest BCUT2D eigenvalue weighted by atomic mass is 35.5. The summed E-state index contributed by atoms with van der Waals surface area (Å²) in [5, 5.41) is 4.57. The highest BCUT2D eigenvalue weighted by Gasteiger charge is 2.40. The lowest BCUT2D eigenvalue weighted by molar-refractivity contribution is -0.0711. The Balaban J connectivity index is 1.60. The average molecular weight is 312 g/mol. The fourth-order valence-electron chi connectivity index (χ4n) is 3.23. The van der Waals surface area contributed by atoms with E-state index in [4.69, 9.17) is 16.3 Å². The van der Waals surface area contributed by atoms with Gasteiger partial charge in [-0.2, -0.15) is 11.8 Å². The van der Waals surface area contributed by atoms with E-state index in [1.807, 2.05) is 23.9 Å². The molecule has 0 aliphatic carbocycles. The van der Waals surface area contributed by atoms with E-state index >= 15 is 0 Å². The van der Waals surface area contributed by atoms with Gasteiger partial charge in [0.15, 0.2) is 0 Å². The molecule has 4 heteroatoms. The fraction of sp³-hybridized carbons (Fsp3) is 0.625. The van der Waals surface area contributed by atoms with Gasteiger partial charge in [0.2, 0.25) is 0 Å². The first-order chi connectivity index (χ1) is 9.67. The van der Waals surface area contributed by atoms with Crippen LogP contribution in [0, 0.1) is 0 Å². The van der Waals surface area contributed by atoms with Crippen LogP contribution >= 0.6 is 23.4 Å². The molecule has 0 bridgehead atoms. The molecule has 1 aromatic carbocycles. The van der Waals surface area contributed by atoms with E-state index in [0.29, 0.717) is 12.1 Å². The summed E-state index contributed by atoms with van der Waals surface area (Å²) in [6.07, 6.45) is 3.48. The Hall–Kier alpha value is -0.220.